The fraction of sp³-hybridized carbons (Fsp3) is 0.300. The molecule has 1 amide bonds. The predicted octanol–water partition coefficient (Wildman–Crippen LogP) is 4.05. The molecule has 0 bridgehead atoms. The van der Waals surface area contributed by atoms with Crippen molar-refractivity contribution in [2.75, 3.05) is 5.32 Å². The Morgan fingerprint density at radius 3 is 2.56 bits per heavy atom. The van der Waals surface area contributed by atoms with Gasteiger partial charge in [0.25, 0.3) is 5.91 Å². The first-order valence-corrected chi connectivity index (χ1v) is 8.35. The van der Waals surface area contributed by atoms with Crippen molar-refractivity contribution in [3.63, 3.8) is 0 Å². The van der Waals surface area contributed by atoms with E-state index < -0.39 is 12.1 Å². The number of carbonyl (C=O) groups excluding carboxylic acids is 1. The van der Waals surface area contributed by atoms with Crippen LogP contribution in [0.4, 0.5) is 5.69 Å². The molecule has 2 N–H and O–H groups in total. The van der Waals surface area contributed by atoms with E-state index in [4.69, 9.17) is 9.84 Å². The number of carbonyl (C=O) groups is 2. The van der Waals surface area contributed by atoms with Gasteiger partial charge < -0.3 is 15.2 Å². The molecule has 2 aromatic rings. The van der Waals surface area contributed by atoms with Gasteiger partial charge in [0, 0.05) is 5.69 Å². The molecule has 0 aliphatic carbocycles. The lowest BCUT2D eigenvalue weighted by molar-refractivity contribution is -0.122. The van der Waals surface area contributed by atoms with Crippen molar-refractivity contribution in [3.8, 4) is 5.75 Å². The first kappa shape index (κ1) is 18.5. The van der Waals surface area contributed by atoms with Crippen LogP contribution in [0.15, 0.2) is 42.5 Å². The molecule has 0 fully saturated rings. The van der Waals surface area contributed by atoms with Crippen LogP contribution >= 0.6 is 0 Å². The van der Waals surface area contributed by atoms with Crippen molar-refractivity contribution in [2.45, 2.75) is 39.7 Å². The molecular weight excluding hydrogens is 318 g/mol. The second-order valence-corrected chi connectivity index (χ2v) is 5.85. The zero-order valence-electron chi connectivity index (χ0n) is 14.7. The van der Waals surface area contributed by atoms with Gasteiger partial charge >= 0.3 is 5.97 Å². The summed E-state index contributed by atoms with van der Waals surface area (Å²) >= 11 is 0. The third kappa shape index (κ3) is 4.83. The Morgan fingerprint density at radius 1 is 1.16 bits per heavy atom. The van der Waals surface area contributed by atoms with E-state index in [1.54, 1.807) is 12.1 Å². The summed E-state index contributed by atoms with van der Waals surface area (Å²) in [5, 5.41) is 11.8. The molecule has 1 atom stereocenters. The molecular formula is C20H23NO4. The van der Waals surface area contributed by atoms with Crippen molar-refractivity contribution in [3.05, 3.63) is 59.2 Å². The Balaban J connectivity index is 2.14. The predicted molar refractivity (Wildman–Crippen MR) is 97.3 cm³/mol. The van der Waals surface area contributed by atoms with Gasteiger partial charge in [0.15, 0.2) is 6.10 Å². The number of aryl methyl sites for hydroxylation is 2. The van der Waals surface area contributed by atoms with Crippen LogP contribution < -0.4 is 10.1 Å². The number of carboxylic acid groups (broad SMARTS) is 1. The van der Waals surface area contributed by atoms with Crippen LogP contribution in [0.3, 0.4) is 0 Å². The molecule has 0 aromatic heterocycles. The Kier molecular flexibility index (Phi) is 6.17. The quantitative estimate of drug-likeness (QED) is 0.796. The summed E-state index contributed by atoms with van der Waals surface area (Å²) in [5.41, 5.74) is 2.76. The minimum absolute atomic E-state index is 0.124. The van der Waals surface area contributed by atoms with Crippen molar-refractivity contribution >= 4 is 17.6 Å². The summed E-state index contributed by atoms with van der Waals surface area (Å²) in [7, 11) is 0. The van der Waals surface area contributed by atoms with Crippen LogP contribution in [0.25, 0.3) is 0 Å². The number of amides is 1. The maximum absolute atomic E-state index is 12.5. The fourth-order valence-electron chi connectivity index (χ4n) is 2.53. The Labute approximate surface area is 147 Å². The lowest BCUT2D eigenvalue weighted by Gasteiger charge is -2.19. The normalized spacial score (nSPS) is 11.6. The Morgan fingerprint density at radius 2 is 1.92 bits per heavy atom. The molecule has 25 heavy (non-hydrogen) atoms. The zero-order chi connectivity index (χ0) is 18.4. The van der Waals surface area contributed by atoms with E-state index in [-0.39, 0.29) is 11.5 Å². The summed E-state index contributed by atoms with van der Waals surface area (Å²) < 4.78 is 5.92. The Hall–Kier alpha value is -2.82. The largest absolute Gasteiger partial charge is 0.480 e. The zero-order valence-corrected chi connectivity index (χ0v) is 14.7. The fourth-order valence-corrected chi connectivity index (χ4v) is 2.53. The van der Waals surface area contributed by atoms with E-state index in [0.29, 0.717) is 17.9 Å². The summed E-state index contributed by atoms with van der Waals surface area (Å²) in [5.74, 6) is -0.631. The van der Waals surface area contributed by atoms with E-state index in [0.717, 1.165) is 17.5 Å². The minimum Gasteiger partial charge on any atom is -0.480 e. The van der Waals surface area contributed by atoms with E-state index >= 15 is 0 Å². The Bertz CT molecular complexity index is 770. The number of aromatic carboxylic acids is 1. The van der Waals surface area contributed by atoms with Crippen LogP contribution in [-0.2, 0) is 11.2 Å². The summed E-state index contributed by atoms with van der Waals surface area (Å²) in [6, 6.07) is 12.0. The molecule has 0 saturated heterocycles. The smallest absolute Gasteiger partial charge is 0.335 e. The molecule has 0 radical (unpaired) electrons. The van der Waals surface area contributed by atoms with Gasteiger partial charge in [0.05, 0.1) is 5.56 Å². The molecule has 2 rings (SSSR count). The highest BCUT2D eigenvalue weighted by Gasteiger charge is 2.20. The number of benzene rings is 2. The first-order chi connectivity index (χ1) is 11.9. The number of hydrogen-bond donors (Lipinski definition) is 2. The summed E-state index contributed by atoms with van der Waals surface area (Å²) in [6.45, 7) is 5.93. The summed E-state index contributed by atoms with van der Waals surface area (Å²) in [6.07, 6.45) is 0.665. The van der Waals surface area contributed by atoms with Crippen LogP contribution in [-0.4, -0.2) is 23.1 Å². The van der Waals surface area contributed by atoms with Crippen molar-refractivity contribution in [1.82, 2.24) is 0 Å². The van der Waals surface area contributed by atoms with Gasteiger partial charge in [-0.2, -0.15) is 0 Å². The second kappa shape index (κ2) is 8.33. The topological polar surface area (TPSA) is 75.6 Å². The molecule has 132 valence electrons. The molecule has 0 spiro atoms. The molecule has 0 aliphatic heterocycles. The minimum atomic E-state index is -1.04. The highest BCUT2D eigenvalue weighted by molar-refractivity contribution is 5.96. The number of rotatable bonds is 7. The molecule has 5 nitrogen and oxygen atoms in total. The van der Waals surface area contributed by atoms with Gasteiger partial charge in [0.1, 0.15) is 5.75 Å². The van der Waals surface area contributed by atoms with Gasteiger partial charge in [-0.05, 0) is 49.6 Å². The second-order valence-electron chi connectivity index (χ2n) is 5.85. The van der Waals surface area contributed by atoms with Crippen LogP contribution in [0, 0.1) is 6.92 Å². The van der Waals surface area contributed by atoms with Crippen molar-refractivity contribution in [1.29, 1.82) is 0 Å². The SMILES string of the molecule is CCc1cc(C)ccc1OC(CC)C(=O)Nc1cccc(C(=O)O)c1. The number of anilines is 1. The first-order valence-electron chi connectivity index (χ1n) is 8.35. The molecule has 0 heterocycles. The average molecular weight is 341 g/mol. The highest BCUT2D eigenvalue weighted by atomic mass is 16.5. The van der Waals surface area contributed by atoms with Crippen molar-refractivity contribution < 1.29 is 19.4 Å². The molecule has 0 saturated carbocycles. The summed E-state index contributed by atoms with van der Waals surface area (Å²) in [4.78, 5) is 23.5. The highest BCUT2D eigenvalue weighted by Crippen LogP contribution is 2.23. The van der Waals surface area contributed by atoms with E-state index in [1.165, 1.54) is 12.1 Å². The van der Waals surface area contributed by atoms with E-state index in [1.807, 2.05) is 32.9 Å². The third-order valence-corrected chi connectivity index (χ3v) is 3.91. The standard InChI is InChI=1S/C20H23NO4/c1-4-14-11-13(3)9-10-18(14)25-17(5-2)19(22)21-16-8-6-7-15(12-16)20(23)24/h6-12,17H,4-5H2,1-3H3,(H,21,22)(H,23,24). The maximum atomic E-state index is 12.5. The molecule has 5 heteroatoms. The molecule has 1 unspecified atom stereocenters. The number of ether oxygens (including phenoxy) is 1. The number of carboxylic acids is 1. The monoisotopic (exact) mass is 341 g/mol. The molecule has 2 aromatic carbocycles. The van der Waals surface area contributed by atoms with Gasteiger partial charge in [-0.15, -0.1) is 0 Å². The van der Waals surface area contributed by atoms with Gasteiger partial charge in [-0.25, -0.2) is 4.79 Å². The third-order valence-electron chi connectivity index (χ3n) is 3.91. The van der Waals surface area contributed by atoms with Gasteiger partial charge in [-0.1, -0.05) is 37.6 Å². The van der Waals surface area contributed by atoms with Gasteiger partial charge in [-0.3, -0.25) is 4.79 Å². The van der Waals surface area contributed by atoms with Crippen LogP contribution in [0.1, 0.15) is 41.8 Å². The average Bonchev–Trinajstić information content (AvgIpc) is 2.60. The maximum Gasteiger partial charge on any atom is 0.335 e. The lowest BCUT2D eigenvalue weighted by atomic mass is 10.1. The molecule has 0 aliphatic rings. The van der Waals surface area contributed by atoms with Crippen LogP contribution in [0.2, 0.25) is 0 Å². The number of nitrogens with one attached hydrogen (secondary N) is 1. The van der Waals surface area contributed by atoms with E-state index in [9.17, 15) is 9.59 Å². The lowest BCUT2D eigenvalue weighted by Crippen LogP contribution is -2.32. The van der Waals surface area contributed by atoms with Crippen molar-refractivity contribution in [2.24, 2.45) is 0 Å². The van der Waals surface area contributed by atoms with Crippen LogP contribution in [0.5, 0.6) is 5.75 Å². The van der Waals surface area contributed by atoms with Gasteiger partial charge in [0.2, 0.25) is 0 Å². The number of hydrogen-bond acceptors (Lipinski definition) is 3. The van der Waals surface area contributed by atoms with E-state index in [2.05, 4.69) is 11.4 Å².